The lowest BCUT2D eigenvalue weighted by Crippen LogP contribution is -2.56. The van der Waals surface area contributed by atoms with Gasteiger partial charge in [-0.05, 0) is 25.0 Å². The molecule has 1 aromatic rings. The molecule has 0 aromatic heterocycles. The summed E-state index contributed by atoms with van der Waals surface area (Å²) in [6.07, 6.45) is 2.56. The van der Waals surface area contributed by atoms with Gasteiger partial charge in [0.2, 0.25) is 24.5 Å². The van der Waals surface area contributed by atoms with Gasteiger partial charge in [-0.2, -0.15) is 0 Å². The highest BCUT2D eigenvalue weighted by atomic mass is 32.2. The summed E-state index contributed by atoms with van der Waals surface area (Å²) in [5.41, 5.74) is 0.201. The van der Waals surface area contributed by atoms with Crippen molar-refractivity contribution in [3.8, 4) is 11.5 Å². The first-order valence-electron chi connectivity index (χ1n) is 9.21. The molecule has 2 heterocycles. The maximum atomic E-state index is 12.2. The molecule has 1 aliphatic carbocycles. The van der Waals surface area contributed by atoms with Crippen molar-refractivity contribution in [2.45, 2.75) is 43.3 Å². The van der Waals surface area contributed by atoms with E-state index in [1.165, 1.54) is 11.8 Å². The minimum absolute atomic E-state index is 0.0426. The predicted octanol–water partition coefficient (Wildman–Crippen LogP) is 0.517. The minimum atomic E-state index is -0.414. The molecule has 28 heavy (non-hydrogen) atoms. The number of carbonyl (C=O) groups excluding carboxylic acids is 3. The molecule has 4 N–H and O–H groups in total. The SMILES string of the molecule is O=C(CSC1NC(=O)CC(CC(=O)NC2CC2)N1)Nc1ccc2c(c1)OCO2. The van der Waals surface area contributed by atoms with Gasteiger partial charge in [0.05, 0.1) is 5.75 Å². The fourth-order valence-electron chi connectivity index (χ4n) is 3.03. The van der Waals surface area contributed by atoms with Crippen molar-refractivity contribution in [2.24, 2.45) is 0 Å². The number of ether oxygens (including phenoxy) is 2. The van der Waals surface area contributed by atoms with E-state index in [0.717, 1.165) is 12.8 Å². The number of rotatable bonds is 7. The third kappa shape index (κ3) is 5.08. The maximum Gasteiger partial charge on any atom is 0.234 e. The van der Waals surface area contributed by atoms with Crippen LogP contribution in [0.5, 0.6) is 11.5 Å². The first-order chi connectivity index (χ1) is 13.5. The van der Waals surface area contributed by atoms with Crippen LogP contribution in [0.3, 0.4) is 0 Å². The second-order valence-electron chi connectivity index (χ2n) is 6.99. The standard InChI is InChI=1S/C18H22N4O5S/c23-15(19-10-1-2-10)6-12-7-16(24)22-18(21-12)28-8-17(25)20-11-3-4-13-14(5-11)27-9-26-13/h3-5,10,12,18,21H,1-2,6-9H2,(H,19,23)(H,20,25)(H,22,24). The second-order valence-corrected chi connectivity index (χ2v) is 8.08. The van der Waals surface area contributed by atoms with Gasteiger partial charge in [0.25, 0.3) is 0 Å². The molecule has 10 heteroatoms. The molecule has 3 amide bonds. The lowest BCUT2D eigenvalue weighted by Gasteiger charge is -2.30. The maximum absolute atomic E-state index is 12.2. The average molecular weight is 406 g/mol. The van der Waals surface area contributed by atoms with Gasteiger partial charge in [-0.1, -0.05) is 0 Å². The number of anilines is 1. The van der Waals surface area contributed by atoms with Crippen LogP contribution < -0.4 is 30.7 Å². The van der Waals surface area contributed by atoms with Crippen LogP contribution in [0.15, 0.2) is 18.2 Å². The molecule has 2 fully saturated rings. The zero-order valence-corrected chi connectivity index (χ0v) is 16.0. The van der Waals surface area contributed by atoms with Crippen molar-refractivity contribution in [2.75, 3.05) is 17.9 Å². The van der Waals surface area contributed by atoms with Gasteiger partial charge in [0.15, 0.2) is 11.5 Å². The molecule has 9 nitrogen and oxygen atoms in total. The number of amides is 3. The van der Waals surface area contributed by atoms with E-state index >= 15 is 0 Å². The average Bonchev–Trinajstić information content (AvgIpc) is 3.32. The van der Waals surface area contributed by atoms with Crippen LogP contribution in [0.4, 0.5) is 5.69 Å². The summed E-state index contributed by atoms with van der Waals surface area (Å²) in [5, 5.41) is 11.7. The topological polar surface area (TPSA) is 118 Å². The normalized spacial score (nSPS) is 23.1. The summed E-state index contributed by atoms with van der Waals surface area (Å²) >= 11 is 1.27. The molecule has 1 saturated heterocycles. The smallest absolute Gasteiger partial charge is 0.234 e. The van der Waals surface area contributed by atoms with Crippen LogP contribution >= 0.6 is 11.8 Å². The molecule has 2 atom stereocenters. The number of thioether (sulfide) groups is 1. The van der Waals surface area contributed by atoms with E-state index in [1.807, 2.05) is 0 Å². The van der Waals surface area contributed by atoms with Crippen LogP contribution in [0.25, 0.3) is 0 Å². The van der Waals surface area contributed by atoms with E-state index < -0.39 is 5.50 Å². The van der Waals surface area contributed by atoms with E-state index in [-0.39, 0.29) is 49.2 Å². The van der Waals surface area contributed by atoms with Crippen molar-refractivity contribution < 1.29 is 23.9 Å². The lowest BCUT2D eigenvalue weighted by atomic mass is 10.1. The largest absolute Gasteiger partial charge is 0.454 e. The second kappa shape index (κ2) is 8.27. The molecular weight excluding hydrogens is 384 g/mol. The molecule has 0 spiro atoms. The van der Waals surface area contributed by atoms with Crippen LogP contribution in [0.2, 0.25) is 0 Å². The van der Waals surface area contributed by atoms with E-state index in [0.29, 0.717) is 23.2 Å². The molecule has 3 aliphatic rings. The zero-order chi connectivity index (χ0) is 19.5. The van der Waals surface area contributed by atoms with Crippen LogP contribution in [0, 0.1) is 0 Å². The Morgan fingerprint density at radius 2 is 2.00 bits per heavy atom. The van der Waals surface area contributed by atoms with Gasteiger partial charge in [-0.15, -0.1) is 11.8 Å². The zero-order valence-electron chi connectivity index (χ0n) is 15.2. The molecule has 2 unspecified atom stereocenters. The van der Waals surface area contributed by atoms with Crippen molar-refractivity contribution in [1.82, 2.24) is 16.0 Å². The number of carbonyl (C=O) groups is 3. The first kappa shape index (κ1) is 18.9. The molecular formula is C18H22N4O5S. The Hall–Kier alpha value is -2.46. The Balaban J connectivity index is 1.23. The van der Waals surface area contributed by atoms with E-state index in [9.17, 15) is 14.4 Å². The summed E-state index contributed by atoms with van der Waals surface area (Å²) < 4.78 is 10.5. The fraction of sp³-hybridized carbons (Fsp3) is 0.500. The molecule has 1 aromatic carbocycles. The van der Waals surface area contributed by atoms with Crippen molar-refractivity contribution in [3.05, 3.63) is 18.2 Å². The highest BCUT2D eigenvalue weighted by Gasteiger charge is 2.30. The summed E-state index contributed by atoms with van der Waals surface area (Å²) in [6, 6.07) is 5.26. The summed E-state index contributed by atoms with van der Waals surface area (Å²) in [7, 11) is 0. The Morgan fingerprint density at radius 1 is 1.18 bits per heavy atom. The fourth-order valence-corrected chi connectivity index (χ4v) is 3.93. The number of hydrogen-bond acceptors (Lipinski definition) is 7. The number of nitrogens with one attached hydrogen (secondary N) is 4. The molecule has 1 saturated carbocycles. The van der Waals surface area contributed by atoms with Gasteiger partial charge >= 0.3 is 0 Å². The minimum Gasteiger partial charge on any atom is -0.454 e. The molecule has 4 rings (SSSR count). The molecule has 0 bridgehead atoms. The van der Waals surface area contributed by atoms with E-state index in [2.05, 4.69) is 21.3 Å². The highest BCUT2D eigenvalue weighted by Crippen LogP contribution is 2.34. The number of fused-ring (bicyclic) bond motifs is 1. The molecule has 150 valence electrons. The van der Waals surface area contributed by atoms with E-state index in [1.54, 1.807) is 18.2 Å². The van der Waals surface area contributed by atoms with Crippen LogP contribution in [0.1, 0.15) is 25.7 Å². The third-order valence-electron chi connectivity index (χ3n) is 4.52. The van der Waals surface area contributed by atoms with Gasteiger partial charge in [0, 0.05) is 36.7 Å². The van der Waals surface area contributed by atoms with E-state index in [4.69, 9.17) is 9.47 Å². The first-order valence-corrected chi connectivity index (χ1v) is 10.3. The summed E-state index contributed by atoms with van der Waals surface area (Å²) in [6.45, 7) is 0.176. The van der Waals surface area contributed by atoms with Crippen molar-refractivity contribution in [3.63, 3.8) is 0 Å². The Kier molecular flexibility index (Phi) is 5.58. The molecule has 2 aliphatic heterocycles. The van der Waals surface area contributed by atoms with Crippen LogP contribution in [-0.2, 0) is 14.4 Å². The van der Waals surface area contributed by atoms with Gasteiger partial charge in [0.1, 0.15) is 5.50 Å². The lowest BCUT2D eigenvalue weighted by molar-refractivity contribution is -0.125. The van der Waals surface area contributed by atoms with Gasteiger partial charge < -0.3 is 25.4 Å². The van der Waals surface area contributed by atoms with Crippen LogP contribution in [-0.4, -0.2) is 47.8 Å². The summed E-state index contributed by atoms with van der Waals surface area (Å²) in [4.78, 5) is 36.1. The van der Waals surface area contributed by atoms with Gasteiger partial charge in [-0.3, -0.25) is 19.7 Å². The van der Waals surface area contributed by atoms with Gasteiger partial charge in [-0.25, -0.2) is 0 Å². The Labute approximate surface area is 166 Å². The van der Waals surface area contributed by atoms with Crippen molar-refractivity contribution >= 4 is 35.2 Å². The quantitative estimate of drug-likeness (QED) is 0.521. The van der Waals surface area contributed by atoms with Crippen molar-refractivity contribution in [1.29, 1.82) is 0 Å². The third-order valence-corrected chi connectivity index (χ3v) is 5.54. The highest BCUT2D eigenvalue weighted by molar-refractivity contribution is 8.00. The summed E-state index contributed by atoms with van der Waals surface area (Å²) in [5.74, 6) is 1.02. The Morgan fingerprint density at radius 3 is 2.82 bits per heavy atom. The molecule has 0 radical (unpaired) electrons. The number of hydrogen-bond donors (Lipinski definition) is 4. The monoisotopic (exact) mass is 406 g/mol. The predicted molar refractivity (Wildman–Crippen MR) is 103 cm³/mol. The Bertz CT molecular complexity index is 785. The number of benzene rings is 1.